The predicted molar refractivity (Wildman–Crippen MR) is 83.6 cm³/mol. The van der Waals surface area contributed by atoms with Crippen LogP contribution in [0.5, 0.6) is 5.75 Å². The number of hydrogen-bond donors (Lipinski definition) is 2. The van der Waals surface area contributed by atoms with Crippen LogP contribution < -0.4 is 15.6 Å². The Morgan fingerprint density at radius 2 is 1.71 bits per heavy atom. The van der Waals surface area contributed by atoms with Crippen LogP contribution in [0.1, 0.15) is 5.56 Å². The minimum Gasteiger partial charge on any atom is -0.481 e. The Hall–Kier alpha value is -3.22. The standard InChI is InChI=1S/C17H14F2N2O3/c18-13-8-5-12(6-9-13)7-10-16(22)20-21-17(23)11-24-15-4-2-1-3-14(15)19/h1-10H,11H2,(H,20,22)(H,21,23)/b10-7+. The maximum atomic E-state index is 13.3. The quantitative estimate of drug-likeness (QED) is 0.652. The second-order valence-corrected chi connectivity index (χ2v) is 4.64. The molecule has 2 rings (SSSR count). The first-order valence-corrected chi connectivity index (χ1v) is 6.94. The van der Waals surface area contributed by atoms with E-state index in [4.69, 9.17) is 4.74 Å². The lowest BCUT2D eigenvalue weighted by Crippen LogP contribution is -2.43. The van der Waals surface area contributed by atoms with Crippen molar-refractivity contribution >= 4 is 17.9 Å². The lowest BCUT2D eigenvalue weighted by Gasteiger charge is -2.08. The van der Waals surface area contributed by atoms with Crippen LogP contribution in [-0.4, -0.2) is 18.4 Å². The predicted octanol–water partition coefficient (Wildman–Crippen LogP) is 2.20. The smallest absolute Gasteiger partial charge is 0.276 e. The van der Waals surface area contributed by atoms with Crippen LogP contribution in [0.4, 0.5) is 8.78 Å². The van der Waals surface area contributed by atoms with E-state index < -0.39 is 24.2 Å². The number of halogens is 2. The number of hydrazine groups is 1. The molecule has 0 bridgehead atoms. The van der Waals surface area contributed by atoms with Crippen molar-refractivity contribution in [2.24, 2.45) is 0 Å². The van der Waals surface area contributed by atoms with Crippen molar-refractivity contribution in [1.29, 1.82) is 0 Å². The SMILES string of the molecule is O=C(/C=C/c1ccc(F)cc1)NNC(=O)COc1ccccc1F. The van der Waals surface area contributed by atoms with E-state index in [9.17, 15) is 18.4 Å². The van der Waals surface area contributed by atoms with E-state index in [0.717, 1.165) is 0 Å². The highest BCUT2D eigenvalue weighted by atomic mass is 19.1. The molecule has 0 aliphatic rings. The van der Waals surface area contributed by atoms with Gasteiger partial charge >= 0.3 is 0 Å². The minimum absolute atomic E-state index is 0.0600. The van der Waals surface area contributed by atoms with Gasteiger partial charge in [-0.2, -0.15) is 0 Å². The molecule has 0 atom stereocenters. The summed E-state index contributed by atoms with van der Waals surface area (Å²) in [6.07, 6.45) is 2.63. The molecule has 0 aromatic heterocycles. The molecule has 0 aliphatic heterocycles. The topological polar surface area (TPSA) is 67.4 Å². The number of benzene rings is 2. The molecule has 0 unspecified atom stereocenters. The van der Waals surface area contributed by atoms with Gasteiger partial charge in [0.05, 0.1) is 0 Å². The van der Waals surface area contributed by atoms with Crippen molar-refractivity contribution in [3.8, 4) is 5.75 Å². The fourth-order valence-electron chi connectivity index (χ4n) is 1.66. The Morgan fingerprint density at radius 1 is 1.00 bits per heavy atom. The maximum absolute atomic E-state index is 13.3. The summed E-state index contributed by atoms with van der Waals surface area (Å²) in [7, 11) is 0. The summed E-state index contributed by atoms with van der Waals surface area (Å²) in [6, 6.07) is 11.2. The third kappa shape index (κ3) is 5.53. The molecule has 2 aromatic rings. The Balaban J connectivity index is 1.74. The number of rotatable bonds is 5. The molecule has 124 valence electrons. The van der Waals surface area contributed by atoms with E-state index in [1.165, 1.54) is 54.6 Å². The summed E-state index contributed by atoms with van der Waals surface area (Å²) < 4.78 is 31.0. The zero-order valence-corrected chi connectivity index (χ0v) is 12.5. The molecular formula is C17H14F2N2O3. The number of carbonyl (C=O) groups excluding carboxylic acids is 2. The monoisotopic (exact) mass is 332 g/mol. The number of carbonyl (C=O) groups is 2. The van der Waals surface area contributed by atoms with Gasteiger partial charge in [-0.25, -0.2) is 8.78 Å². The molecule has 0 saturated heterocycles. The molecule has 0 radical (unpaired) electrons. The molecule has 0 aliphatic carbocycles. The lowest BCUT2D eigenvalue weighted by molar-refractivity contribution is -0.128. The molecule has 5 nitrogen and oxygen atoms in total. The first-order chi connectivity index (χ1) is 11.5. The normalized spacial score (nSPS) is 10.4. The summed E-state index contributed by atoms with van der Waals surface area (Å²) in [4.78, 5) is 23.0. The fourth-order valence-corrected chi connectivity index (χ4v) is 1.66. The van der Waals surface area contributed by atoms with Gasteiger partial charge in [-0.05, 0) is 35.9 Å². The molecule has 0 fully saturated rings. The summed E-state index contributed by atoms with van der Waals surface area (Å²) >= 11 is 0. The summed E-state index contributed by atoms with van der Waals surface area (Å²) in [5.74, 6) is -2.26. The van der Waals surface area contributed by atoms with E-state index in [2.05, 4.69) is 10.9 Å². The van der Waals surface area contributed by atoms with E-state index in [1.807, 2.05) is 0 Å². The van der Waals surface area contributed by atoms with Gasteiger partial charge < -0.3 is 4.74 Å². The van der Waals surface area contributed by atoms with Gasteiger partial charge in [0, 0.05) is 6.08 Å². The van der Waals surface area contributed by atoms with E-state index in [-0.39, 0.29) is 11.6 Å². The first kappa shape index (κ1) is 17.1. The van der Waals surface area contributed by atoms with Crippen LogP contribution >= 0.6 is 0 Å². The zero-order chi connectivity index (χ0) is 17.4. The highest BCUT2D eigenvalue weighted by Gasteiger charge is 2.06. The minimum atomic E-state index is -0.651. The summed E-state index contributed by atoms with van der Waals surface area (Å²) in [5.41, 5.74) is 4.89. The largest absolute Gasteiger partial charge is 0.481 e. The highest BCUT2D eigenvalue weighted by Crippen LogP contribution is 2.14. The van der Waals surface area contributed by atoms with Gasteiger partial charge in [0.1, 0.15) is 5.82 Å². The molecule has 2 N–H and O–H groups in total. The molecule has 0 saturated carbocycles. The average Bonchev–Trinajstić information content (AvgIpc) is 2.58. The second-order valence-electron chi connectivity index (χ2n) is 4.64. The average molecular weight is 332 g/mol. The van der Waals surface area contributed by atoms with Crippen LogP contribution in [0.3, 0.4) is 0 Å². The molecule has 24 heavy (non-hydrogen) atoms. The Bertz CT molecular complexity index is 746. The molecule has 2 aromatic carbocycles. The van der Waals surface area contributed by atoms with Crippen molar-refractivity contribution in [1.82, 2.24) is 10.9 Å². The van der Waals surface area contributed by atoms with E-state index >= 15 is 0 Å². The van der Waals surface area contributed by atoms with Crippen LogP contribution in [0.15, 0.2) is 54.6 Å². The Kier molecular flexibility index (Phi) is 6.01. The zero-order valence-electron chi connectivity index (χ0n) is 12.5. The third-order valence-electron chi connectivity index (χ3n) is 2.82. The van der Waals surface area contributed by atoms with E-state index in [1.54, 1.807) is 6.07 Å². The van der Waals surface area contributed by atoms with Crippen molar-refractivity contribution in [2.75, 3.05) is 6.61 Å². The Labute approximate surface area is 136 Å². The van der Waals surface area contributed by atoms with Crippen molar-refractivity contribution in [3.05, 3.63) is 71.8 Å². The van der Waals surface area contributed by atoms with Crippen LogP contribution in [0.25, 0.3) is 6.08 Å². The molecule has 7 heteroatoms. The number of para-hydroxylation sites is 1. The van der Waals surface area contributed by atoms with Crippen LogP contribution in [-0.2, 0) is 9.59 Å². The molecule has 0 spiro atoms. The van der Waals surface area contributed by atoms with Gasteiger partial charge in [-0.1, -0.05) is 24.3 Å². The molecular weight excluding hydrogens is 318 g/mol. The number of nitrogens with one attached hydrogen (secondary N) is 2. The van der Waals surface area contributed by atoms with Gasteiger partial charge in [-0.15, -0.1) is 0 Å². The second kappa shape index (κ2) is 8.42. The van der Waals surface area contributed by atoms with Crippen molar-refractivity contribution < 1.29 is 23.1 Å². The van der Waals surface area contributed by atoms with Crippen LogP contribution in [0, 0.1) is 11.6 Å². The summed E-state index contributed by atoms with van der Waals surface area (Å²) in [5, 5.41) is 0. The highest BCUT2D eigenvalue weighted by molar-refractivity contribution is 5.93. The van der Waals surface area contributed by atoms with Gasteiger partial charge in [0.25, 0.3) is 11.8 Å². The number of hydrogen-bond acceptors (Lipinski definition) is 3. The molecule has 2 amide bonds. The van der Waals surface area contributed by atoms with Gasteiger partial charge in [0.2, 0.25) is 0 Å². The van der Waals surface area contributed by atoms with Crippen molar-refractivity contribution in [3.63, 3.8) is 0 Å². The van der Waals surface area contributed by atoms with E-state index in [0.29, 0.717) is 5.56 Å². The third-order valence-corrected chi connectivity index (χ3v) is 2.82. The lowest BCUT2D eigenvalue weighted by atomic mass is 10.2. The number of amides is 2. The fraction of sp³-hybridized carbons (Fsp3) is 0.0588. The van der Waals surface area contributed by atoms with Gasteiger partial charge in [0.15, 0.2) is 18.2 Å². The van der Waals surface area contributed by atoms with Crippen molar-refractivity contribution in [2.45, 2.75) is 0 Å². The van der Waals surface area contributed by atoms with Crippen LogP contribution in [0.2, 0.25) is 0 Å². The first-order valence-electron chi connectivity index (χ1n) is 6.94. The molecule has 0 heterocycles. The maximum Gasteiger partial charge on any atom is 0.276 e. The van der Waals surface area contributed by atoms with Gasteiger partial charge in [-0.3, -0.25) is 20.4 Å². The Morgan fingerprint density at radius 3 is 2.42 bits per heavy atom. The summed E-state index contributed by atoms with van der Waals surface area (Å²) in [6.45, 7) is -0.455. The number of ether oxygens (including phenoxy) is 1.